The van der Waals surface area contributed by atoms with Crippen LogP contribution < -0.4 is 19.5 Å². The number of nitrogens with one attached hydrogen (secondary N) is 1. The zero-order valence-corrected chi connectivity index (χ0v) is 14.5. The van der Waals surface area contributed by atoms with Crippen molar-refractivity contribution in [3.8, 4) is 17.6 Å². The Bertz CT molecular complexity index is 699. The highest BCUT2D eigenvalue weighted by Gasteiger charge is 2.35. The zero-order valence-electron chi connectivity index (χ0n) is 14.5. The summed E-state index contributed by atoms with van der Waals surface area (Å²) in [5.74, 6) is 1.93. The Hall–Kier alpha value is -2.61. The maximum absolute atomic E-state index is 9.71. The first-order valence-electron chi connectivity index (χ1n) is 8.03. The van der Waals surface area contributed by atoms with Crippen LogP contribution in [0, 0.1) is 5.92 Å². The summed E-state index contributed by atoms with van der Waals surface area (Å²) < 4.78 is 15.6. The van der Waals surface area contributed by atoms with E-state index in [1.54, 1.807) is 25.6 Å². The maximum atomic E-state index is 9.71. The molecule has 1 atom stereocenters. The van der Waals surface area contributed by atoms with Crippen molar-refractivity contribution >= 4 is 5.82 Å². The second kappa shape index (κ2) is 7.52. The van der Waals surface area contributed by atoms with E-state index in [-0.39, 0.29) is 24.1 Å². The first-order valence-corrected chi connectivity index (χ1v) is 8.03. The number of hydrogen-bond donors (Lipinski definition) is 2. The molecule has 2 heterocycles. The van der Waals surface area contributed by atoms with Crippen molar-refractivity contribution in [1.29, 1.82) is 0 Å². The van der Waals surface area contributed by atoms with Crippen LogP contribution in [0.15, 0.2) is 24.5 Å². The number of aliphatic hydroxyl groups is 1. The normalized spacial score (nSPS) is 20.3. The maximum Gasteiger partial charge on any atom is 0.321 e. The second-order valence-corrected chi connectivity index (χ2v) is 5.95. The van der Waals surface area contributed by atoms with E-state index in [9.17, 15) is 5.11 Å². The minimum atomic E-state index is -0.262. The number of rotatable bonds is 7. The predicted octanol–water partition coefficient (Wildman–Crippen LogP) is 1.82. The highest BCUT2D eigenvalue weighted by molar-refractivity contribution is 5.43. The Morgan fingerprint density at radius 1 is 1.08 bits per heavy atom. The molecule has 2 aromatic rings. The molecule has 2 aromatic heterocycles. The van der Waals surface area contributed by atoms with Crippen molar-refractivity contribution in [2.24, 2.45) is 5.92 Å². The van der Waals surface area contributed by atoms with Gasteiger partial charge in [-0.3, -0.25) is 4.98 Å². The van der Waals surface area contributed by atoms with E-state index in [0.29, 0.717) is 30.3 Å². The monoisotopic (exact) mass is 346 g/mol. The summed E-state index contributed by atoms with van der Waals surface area (Å²) in [4.78, 5) is 12.7. The highest BCUT2D eigenvalue weighted by atomic mass is 16.5. The van der Waals surface area contributed by atoms with Gasteiger partial charge in [-0.15, -0.1) is 0 Å². The van der Waals surface area contributed by atoms with Crippen LogP contribution >= 0.6 is 0 Å². The van der Waals surface area contributed by atoms with Gasteiger partial charge >= 0.3 is 6.01 Å². The lowest BCUT2D eigenvalue weighted by atomic mass is 9.75. The molecule has 1 unspecified atom stereocenters. The van der Waals surface area contributed by atoms with Gasteiger partial charge in [0.2, 0.25) is 5.88 Å². The van der Waals surface area contributed by atoms with Crippen molar-refractivity contribution in [1.82, 2.24) is 15.0 Å². The van der Waals surface area contributed by atoms with Gasteiger partial charge in [0, 0.05) is 12.3 Å². The standard InChI is InChI=1S/C17H22N4O4/c1-23-13-6-11(8-18-9-13)16(10-4-12(22)5-10)19-14-7-15(24-2)21-17(20-14)25-3/h6-10,12,16,22H,4-5H2,1-3H3,(H,19,20,21). The number of aromatic nitrogens is 3. The third-order valence-electron chi connectivity index (χ3n) is 4.33. The van der Waals surface area contributed by atoms with Gasteiger partial charge in [0.1, 0.15) is 11.6 Å². The Kier molecular flexibility index (Phi) is 5.18. The fourth-order valence-corrected chi connectivity index (χ4v) is 2.93. The predicted molar refractivity (Wildman–Crippen MR) is 91.0 cm³/mol. The number of anilines is 1. The molecule has 8 nitrogen and oxygen atoms in total. The number of pyridine rings is 1. The summed E-state index contributed by atoms with van der Waals surface area (Å²) in [5.41, 5.74) is 0.966. The Labute approximate surface area is 146 Å². The van der Waals surface area contributed by atoms with E-state index in [2.05, 4.69) is 20.3 Å². The van der Waals surface area contributed by atoms with Gasteiger partial charge in [-0.2, -0.15) is 9.97 Å². The number of nitrogens with zero attached hydrogens (tertiary/aromatic N) is 3. The van der Waals surface area contributed by atoms with Crippen LogP contribution in [0.4, 0.5) is 5.82 Å². The van der Waals surface area contributed by atoms with Crippen molar-refractivity contribution in [2.45, 2.75) is 25.0 Å². The average Bonchev–Trinajstić information content (AvgIpc) is 2.63. The molecular formula is C17H22N4O4. The lowest BCUT2D eigenvalue weighted by Crippen LogP contribution is -2.36. The van der Waals surface area contributed by atoms with Crippen molar-refractivity contribution in [3.63, 3.8) is 0 Å². The summed E-state index contributed by atoms with van der Waals surface area (Å²) in [6.45, 7) is 0. The molecule has 0 bridgehead atoms. The van der Waals surface area contributed by atoms with E-state index in [1.165, 1.54) is 14.2 Å². The molecule has 25 heavy (non-hydrogen) atoms. The largest absolute Gasteiger partial charge is 0.495 e. The zero-order chi connectivity index (χ0) is 17.8. The number of methoxy groups -OCH3 is 3. The first-order chi connectivity index (χ1) is 12.1. The first kappa shape index (κ1) is 17.2. The van der Waals surface area contributed by atoms with Crippen LogP contribution in [0.5, 0.6) is 17.6 Å². The van der Waals surface area contributed by atoms with Gasteiger partial charge in [-0.1, -0.05) is 0 Å². The van der Waals surface area contributed by atoms with Gasteiger partial charge in [0.25, 0.3) is 0 Å². The van der Waals surface area contributed by atoms with Crippen LogP contribution in [0.25, 0.3) is 0 Å². The summed E-state index contributed by atoms with van der Waals surface area (Å²) in [6.07, 6.45) is 4.62. The van der Waals surface area contributed by atoms with Gasteiger partial charge in [-0.25, -0.2) is 0 Å². The van der Waals surface area contributed by atoms with Crippen LogP contribution in [0.2, 0.25) is 0 Å². The van der Waals surface area contributed by atoms with Crippen molar-refractivity contribution < 1.29 is 19.3 Å². The lowest BCUT2D eigenvalue weighted by molar-refractivity contribution is 0.0338. The molecule has 1 aliphatic carbocycles. The molecule has 0 spiro atoms. The van der Waals surface area contributed by atoms with E-state index in [0.717, 1.165) is 5.56 Å². The Morgan fingerprint density at radius 3 is 2.52 bits per heavy atom. The molecule has 1 saturated carbocycles. The summed E-state index contributed by atoms with van der Waals surface area (Å²) in [6, 6.07) is 3.79. The summed E-state index contributed by atoms with van der Waals surface area (Å²) in [7, 11) is 4.65. The number of ether oxygens (including phenoxy) is 3. The average molecular weight is 346 g/mol. The van der Waals surface area contributed by atoms with E-state index >= 15 is 0 Å². The molecule has 0 radical (unpaired) electrons. The molecule has 2 N–H and O–H groups in total. The van der Waals surface area contributed by atoms with Crippen LogP contribution in [0.3, 0.4) is 0 Å². The molecule has 1 fully saturated rings. The second-order valence-electron chi connectivity index (χ2n) is 5.95. The Morgan fingerprint density at radius 2 is 1.88 bits per heavy atom. The molecule has 134 valence electrons. The minimum absolute atomic E-state index is 0.0738. The minimum Gasteiger partial charge on any atom is -0.495 e. The van der Waals surface area contributed by atoms with E-state index < -0.39 is 0 Å². The number of hydrogen-bond acceptors (Lipinski definition) is 8. The van der Waals surface area contributed by atoms with Gasteiger partial charge in [0.15, 0.2) is 0 Å². The number of aliphatic hydroxyl groups excluding tert-OH is 1. The fourth-order valence-electron chi connectivity index (χ4n) is 2.93. The van der Waals surface area contributed by atoms with Crippen molar-refractivity contribution in [2.75, 3.05) is 26.6 Å². The molecule has 0 aliphatic heterocycles. The third kappa shape index (κ3) is 3.90. The van der Waals surface area contributed by atoms with E-state index in [1.807, 2.05) is 6.07 Å². The van der Waals surface area contributed by atoms with Crippen LogP contribution in [-0.4, -0.2) is 47.5 Å². The van der Waals surface area contributed by atoms with Gasteiger partial charge in [-0.05, 0) is 30.4 Å². The molecule has 3 rings (SSSR count). The fraction of sp³-hybridized carbons (Fsp3) is 0.471. The van der Waals surface area contributed by atoms with Crippen molar-refractivity contribution in [3.05, 3.63) is 30.1 Å². The molecule has 0 aromatic carbocycles. The topological polar surface area (TPSA) is 98.6 Å². The van der Waals surface area contributed by atoms with E-state index in [4.69, 9.17) is 14.2 Å². The Balaban J connectivity index is 1.90. The third-order valence-corrected chi connectivity index (χ3v) is 4.33. The quantitative estimate of drug-likeness (QED) is 0.783. The molecule has 0 saturated heterocycles. The molecule has 0 amide bonds. The SMILES string of the molecule is COc1cncc(C(Nc2cc(OC)nc(OC)n2)C2CC(O)C2)c1. The molecule has 1 aliphatic rings. The highest BCUT2D eigenvalue weighted by Crippen LogP contribution is 2.40. The molecule has 8 heteroatoms. The van der Waals surface area contributed by atoms with Gasteiger partial charge in [0.05, 0.1) is 39.7 Å². The molecular weight excluding hydrogens is 324 g/mol. The smallest absolute Gasteiger partial charge is 0.321 e. The lowest BCUT2D eigenvalue weighted by Gasteiger charge is -2.38. The van der Waals surface area contributed by atoms with Crippen LogP contribution in [-0.2, 0) is 0 Å². The van der Waals surface area contributed by atoms with Gasteiger partial charge < -0.3 is 24.6 Å². The summed E-state index contributed by atoms with van der Waals surface area (Å²) >= 11 is 0. The van der Waals surface area contributed by atoms with Crippen LogP contribution in [0.1, 0.15) is 24.4 Å². The summed E-state index contributed by atoms with van der Waals surface area (Å²) in [5, 5.41) is 13.1.